The Morgan fingerprint density at radius 3 is 2.43 bits per heavy atom. The van der Waals surface area contributed by atoms with E-state index in [1.807, 2.05) is 30.3 Å². The van der Waals surface area contributed by atoms with Crippen LogP contribution in [0.2, 0.25) is 0 Å². The summed E-state index contributed by atoms with van der Waals surface area (Å²) in [5.74, 6) is -1.54. The Bertz CT molecular complexity index is 1660. The lowest BCUT2D eigenvalue weighted by Gasteiger charge is -2.45. The number of aliphatic hydroxyl groups excluding tert-OH is 1. The molecule has 0 spiro atoms. The van der Waals surface area contributed by atoms with Crippen molar-refractivity contribution in [1.82, 2.24) is 10.2 Å². The fraction of sp³-hybridized carbons (Fsp3) is 0.429. The molecule has 3 N–H and O–H groups in total. The zero-order valence-corrected chi connectivity index (χ0v) is 26.2. The molecule has 2 fully saturated rings. The highest BCUT2D eigenvalue weighted by Crippen LogP contribution is 2.70. The predicted molar refractivity (Wildman–Crippen MR) is 165 cm³/mol. The molecule has 1 saturated heterocycles. The molecule has 242 valence electrons. The van der Waals surface area contributed by atoms with Crippen LogP contribution in [0.1, 0.15) is 49.3 Å². The summed E-state index contributed by atoms with van der Waals surface area (Å²) in [7, 11) is 2.99. The minimum absolute atomic E-state index is 0.0702. The molecule has 1 aliphatic carbocycles. The molecule has 3 heterocycles. The van der Waals surface area contributed by atoms with Crippen molar-refractivity contribution in [2.24, 2.45) is 11.8 Å². The van der Waals surface area contributed by atoms with Gasteiger partial charge in [0.05, 0.1) is 25.7 Å². The van der Waals surface area contributed by atoms with Crippen molar-refractivity contribution >= 4 is 11.8 Å². The molecule has 1 saturated carbocycles. The van der Waals surface area contributed by atoms with E-state index < -0.39 is 41.2 Å². The van der Waals surface area contributed by atoms with Crippen molar-refractivity contribution in [3.8, 4) is 28.7 Å². The maximum absolute atomic E-state index is 15.1. The van der Waals surface area contributed by atoms with E-state index in [1.165, 1.54) is 7.11 Å². The smallest absolute Gasteiger partial charge is 0.231 e. The van der Waals surface area contributed by atoms with Crippen molar-refractivity contribution in [2.45, 2.75) is 56.1 Å². The molecule has 2 amide bonds. The summed E-state index contributed by atoms with van der Waals surface area (Å²) in [6.45, 7) is 3.89. The molecule has 2 bridgehead atoms. The summed E-state index contributed by atoms with van der Waals surface area (Å²) in [5, 5.41) is 28.9. The minimum atomic E-state index is -2.23. The lowest BCUT2D eigenvalue weighted by Crippen LogP contribution is -2.56. The van der Waals surface area contributed by atoms with Gasteiger partial charge in [-0.25, -0.2) is 0 Å². The summed E-state index contributed by atoms with van der Waals surface area (Å²) in [6, 6.07) is 18.0. The number of amides is 2. The van der Waals surface area contributed by atoms with Crippen LogP contribution in [-0.4, -0.2) is 66.8 Å². The summed E-state index contributed by atoms with van der Waals surface area (Å²) >= 11 is 0. The van der Waals surface area contributed by atoms with Crippen LogP contribution in [0.3, 0.4) is 0 Å². The fourth-order valence-electron chi connectivity index (χ4n) is 7.78. The van der Waals surface area contributed by atoms with Crippen molar-refractivity contribution in [3.63, 3.8) is 0 Å². The van der Waals surface area contributed by atoms with Crippen LogP contribution in [0.4, 0.5) is 0 Å². The Balaban J connectivity index is 1.49. The van der Waals surface area contributed by atoms with Crippen LogP contribution < -0.4 is 29.0 Å². The van der Waals surface area contributed by atoms with Crippen molar-refractivity contribution in [3.05, 3.63) is 77.4 Å². The molecule has 11 heteroatoms. The van der Waals surface area contributed by atoms with Gasteiger partial charge in [-0.1, -0.05) is 56.3 Å². The van der Waals surface area contributed by atoms with E-state index in [4.69, 9.17) is 23.7 Å². The minimum Gasteiger partial charge on any atom is -0.497 e. The average molecular weight is 631 g/mol. The van der Waals surface area contributed by atoms with Crippen molar-refractivity contribution < 1.29 is 43.5 Å². The fourth-order valence-corrected chi connectivity index (χ4v) is 7.78. The molecule has 46 heavy (non-hydrogen) atoms. The third-order valence-electron chi connectivity index (χ3n) is 9.89. The Morgan fingerprint density at radius 2 is 1.76 bits per heavy atom. The first-order valence-electron chi connectivity index (χ1n) is 15.6. The monoisotopic (exact) mass is 630 g/mol. The highest BCUT2D eigenvalue weighted by Gasteiger charge is 2.77. The number of benzene rings is 3. The lowest BCUT2D eigenvalue weighted by atomic mass is 9.75. The van der Waals surface area contributed by atoms with Crippen LogP contribution >= 0.6 is 0 Å². The average Bonchev–Trinajstić information content (AvgIpc) is 3.76. The molecule has 3 aromatic rings. The SMILES string of the molecule is COc1ccc([C@]23Oc4cc5c(c(OC)c4[C@](O)([C@@H](C(=O)N4CCC[C@H]4NC(=O)C(C)C)[C@@H]2c2ccccc2)[C@@H]3O)OCO5)cc1. The zero-order valence-electron chi connectivity index (χ0n) is 26.2. The van der Waals surface area contributed by atoms with E-state index in [2.05, 4.69) is 5.32 Å². The first-order chi connectivity index (χ1) is 22.2. The molecule has 6 atom stereocenters. The number of hydrogen-bond donors (Lipinski definition) is 3. The molecule has 11 nitrogen and oxygen atoms in total. The van der Waals surface area contributed by atoms with Crippen LogP contribution in [0.5, 0.6) is 28.7 Å². The second-order valence-electron chi connectivity index (χ2n) is 12.6. The third kappa shape index (κ3) is 4.17. The van der Waals surface area contributed by atoms with Gasteiger partial charge in [0.2, 0.25) is 24.4 Å². The quantitative estimate of drug-likeness (QED) is 0.359. The van der Waals surface area contributed by atoms with Crippen LogP contribution in [0, 0.1) is 11.8 Å². The molecule has 4 aliphatic rings. The van der Waals surface area contributed by atoms with Crippen LogP contribution in [0.15, 0.2) is 60.7 Å². The number of fused-ring (bicyclic) bond motifs is 5. The number of rotatable bonds is 7. The number of aliphatic hydroxyl groups is 2. The van der Waals surface area contributed by atoms with E-state index in [-0.39, 0.29) is 41.4 Å². The molecular weight excluding hydrogens is 592 g/mol. The molecule has 7 rings (SSSR count). The van der Waals surface area contributed by atoms with Gasteiger partial charge in [0.25, 0.3) is 0 Å². The van der Waals surface area contributed by atoms with Gasteiger partial charge in [0.15, 0.2) is 17.1 Å². The summed E-state index contributed by atoms with van der Waals surface area (Å²) in [4.78, 5) is 29.6. The largest absolute Gasteiger partial charge is 0.497 e. The zero-order chi connectivity index (χ0) is 32.4. The highest BCUT2D eigenvalue weighted by atomic mass is 16.7. The predicted octanol–water partition coefficient (Wildman–Crippen LogP) is 3.40. The second kappa shape index (κ2) is 11.1. The van der Waals surface area contributed by atoms with E-state index in [0.717, 1.165) is 0 Å². The first-order valence-corrected chi connectivity index (χ1v) is 15.6. The van der Waals surface area contributed by atoms with Gasteiger partial charge in [-0.2, -0.15) is 0 Å². The first kappa shape index (κ1) is 30.2. The van der Waals surface area contributed by atoms with Gasteiger partial charge in [0, 0.05) is 24.4 Å². The molecular formula is C35H38N2O9. The molecule has 3 aliphatic heterocycles. The van der Waals surface area contributed by atoms with Crippen molar-refractivity contribution in [1.29, 1.82) is 0 Å². The Hall–Kier alpha value is -4.48. The number of carbonyl (C=O) groups excluding carboxylic acids is 2. The topological polar surface area (TPSA) is 136 Å². The summed E-state index contributed by atoms with van der Waals surface area (Å²) in [6.07, 6.45) is -0.999. The summed E-state index contributed by atoms with van der Waals surface area (Å²) in [5.41, 5.74) is -2.55. The number of carbonyl (C=O) groups is 2. The van der Waals surface area contributed by atoms with Crippen LogP contribution in [0.25, 0.3) is 0 Å². The Kier molecular flexibility index (Phi) is 7.28. The Labute approximate surface area is 267 Å². The number of ether oxygens (including phenoxy) is 5. The van der Waals surface area contributed by atoms with E-state index >= 15 is 4.79 Å². The van der Waals surface area contributed by atoms with Gasteiger partial charge >= 0.3 is 0 Å². The van der Waals surface area contributed by atoms with Gasteiger partial charge in [-0.3, -0.25) is 9.59 Å². The maximum Gasteiger partial charge on any atom is 0.231 e. The summed E-state index contributed by atoms with van der Waals surface area (Å²) < 4.78 is 29.6. The molecule has 0 aromatic heterocycles. The number of likely N-dealkylation sites (tertiary alicyclic amines) is 1. The normalized spacial score (nSPS) is 28.9. The lowest BCUT2D eigenvalue weighted by molar-refractivity contribution is -0.167. The van der Waals surface area contributed by atoms with Gasteiger partial charge in [0.1, 0.15) is 29.4 Å². The van der Waals surface area contributed by atoms with Gasteiger partial charge < -0.3 is 44.1 Å². The highest BCUT2D eigenvalue weighted by molar-refractivity contribution is 5.86. The molecule has 3 aromatic carbocycles. The third-order valence-corrected chi connectivity index (χ3v) is 9.89. The molecule has 0 radical (unpaired) electrons. The second-order valence-corrected chi connectivity index (χ2v) is 12.6. The number of methoxy groups -OCH3 is 2. The number of hydrogen-bond acceptors (Lipinski definition) is 9. The van der Waals surface area contributed by atoms with Gasteiger partial charge in [-0.15, -0.1) is 0 Å². The van der Waals surface area contributed by atoms with E-state index in [9.17, 15) is 15.0 Å². The number of nitrogens with one attached hydrogen (secondary N) is 1. The van der Waals surface area contributed by atoms with E-state index in [1.54, 1.807) is 56.2 Å². The Morgan fingerprint density at radius 1 is 1.02 bits per heavy atom. The van der Waals surface area contributed by atoms with E-state index in [0.29, 0.717) is 42.0 Å². The van der Waals surface area contributed by atoms with Gasteiger partial charge in [-0.05, 0) is 36.1 Å². The molecule has 0 unspecified atom stereocenters. The number of nitrogens with zero attached hydrogens (tertiary/aromatic N) is 1. The maximum atomic E-state index is 15.1. The standard InChI is InChI=1S/C35H38N2O9/c1-19(2)31(38)36-25-11-8-16-37(25)32(39)28-26(20-9-6-5-7-10-20)35(21-12-14-22(42-3)15-13-21)33(40)34(28,41)27-23(46-35)17-24-29(30(27)43-4)45-18-44-24/h5-7,9-10,12-15,17,19,25-26,28,33,40-41H,8,11,16,18H2,1-4H3,(H,36,38)/t25-,26-,28+,33-,34-,35-/m0/s1. The van der Waals surface area contributed by atoms with Crippen molar-refractivity contribution in [2.75, 3.05) is 27.6 Å². The van der Waals surface area contributed by atoms with Crippen LogP contribution in [-0.2, 0) is 20.8 Å².